The zero-order valence-corrected chi connectivity index (χ0v) is 16.1. The Hall–Kier alpha value is -2.62. The second kappa shape index (κ2) is 7.90. The molecule has 1 aromatic carbocycles. The first-order valence-corrected chi connectivity index (χ1v) is 9.60. The number of alkyl halides is 5. The summed E-state index contributed by atoms with van der Waals surface area (Å²) in [7, 11) is 0. The molecule has 1 fully saturated rings. The van der Waals surface area contributed by atoms with Gasteiger partial charge in [0.05, 0.1) is 5.69 Å². The smallest absolute Gasteiger partial charge is 0.288 e. The fraction of sp³-hybridized carbons (Fsp3) is 0.450. The number of aromatic nitrogens is 4. The van der Waals surface area contributed by atoms with Gasteiger partial charge >= 0.3 is 6.18 Å². The lowest BCUT2D eigenvalue weighted by Gasteiger charge is -2.42. The molecular formula is C20H20F5N5. The van der Waals surface area contributed by atoms with Crippen molar-refractivity contribution < 1.29 is 22.0 Å². The normalized spacial score (nSPS) is 22.0. The van der Waals surface area contributed by atoms with Crippen molar-refractivity contribution in [1.82, 2.24) is 24.5 Å². The summed E-state index contributed by atoms with van der Waals surface area (Å²) in [5, 5.41) is 4.06. The maximum atomic E-state index is 14.0. The van der Waals surface area contributed by atoms with Crippen molar-refractivity contribution in [2.45, 2.75) is 37.9 Å². The maximum absolute atomic E-state index is 14.0. The molecule has 3 aromatic rings. The van der Waals surface area contributed by atoms with Gasteiger partial charge in [-0.05, 0) is 30.5 Å². The molecule has 3 heterocycles. The highest BCUT2D eigenvalue weighted by atomic mass is 19.4. The molecule has 0 bridgehead atoms. The summed E-state index contributed by atoms with van der Waals surface area (Å²) in [5.41, 5.74) is 0.108. The standard InChI is InChI=1S/C20H20F5N5/c1-12-7-8-29(17(20(23,24)25)13-5-3-2-4-6-13)10-14(12)16-9-15(18(21)22)28-19-26-11-27-30(16)19/h2-6,9,11-12,14,17-18H,7-8,10H2,1H3/t12-,14-,17+/m1/s1. The number of benzene rings is 1. The molecule has 1 saturated heterocycles. The number of fused-ring (bicyclic) bond motifs is 1. The van der Waals surface area contributed by atoms with Crippen LogP contribution in [0.2, 0.25) is 0 Å². The van der Waals surface area contributed by atoms with Gasteiger partial charge in [0.1, 0.15) is 18.1 Å². The summed E-state index contributed by atoms with van der Waals surface area (Å²) in [4.78, 5) is 9.08. The van der Waals surface area contributed by atoms with E-state index < -0.39 is 30.3 Å². The van der Waals surface area contributed by atoms with Crippen molar-refractivity contribution in [1.29, 1.82) is 0 Å². The van der Waals surface area contributed by atoms with Crippen LogP contribution in [0.1, 0.15) is 48.7 Å². The van der Waals surface area contributed by atoms with E-state index in [4.69, 9.17) is 0 Å². The first-order chi connectivity index (χ1) is 14.3. The number of rotatable bonds is 4. The third-order valence-electron chi connectivity index (χ3n) is 5.68. The van der Waals surface area contributed by atoms with Gasteiger partial charge < -0.3 is 0 Å². The van der Waals surface area contributed by atoms with Crippen molar-refractivity contribution in [3.8, 4) is 0 Å². The van der Waals surface area contributed by atoms with E-state index in [0.717, 1.165) is 0 Å². The lowest BCUT2D eigenvalue weighted by molar-refractivity contribution is -0.190. The van der Waals surface area contributed by atoms with Gasteiger partial charge in [0.25, 0.3) is 12.2 Å². The Labute approximate surface area is 169 Å². The average molecular weight is 425 g/mol. The van der Waals surface area contributed by atoms with Gasteiger partial charge in [-0.1, -0.05) is 37.3 Å². The molecule has 160 valence electrons. The molecule has 0 unspecified atom stereocenters. The number of hydrogen-bond acceptors (Lipinski definition) is 4. The Kier molecular flexibility index (Phi) is 5.44. The third-order valence-corrected chi connectivity index (χ3v) is 5.68. The van der Waals surface area contributed by atoms with E-state index in [1.54, 1.807) is 18.2 Å². The first kappa shape index (κ1) is 20.6. The second-order valence-corrected chi connectivity index (χ2v) is 7.60. The van der Waals surface area contributed by atoms with Crippen LogP contribution in [0, 0.1) is 5.92 Å². The molecule has 5 nitrogen and oxygen atoms in total. The molecule has 10 heteroatoms. The van der Waals surface area contributed by atoms with Gasteiger partial charge in [0.2, 0.25) is 0 Å². The monoisotopic (exact) mass is 425 g/mol. The summed E-state index contributed by atoms with van der Waals surface area (Å²) in [6, 6.07) is 7.22. The van der Waals surface area contributed by atoms with Crippen LogP contribution >= 0.6 is 0 Å². The first-order valence-electron chi connectivity index (χ1n) is 9.60. The highest BCUT2D eigenvalue weighted by Crippen LogP contribution is 2.42. The van der Waals surface area contributed by atoms with E-state index in [9.17, 15) is 22.0 Å². The molecule has 3 atom stereocenters. The largest absolute Gasteiger partial charge is 0.408 e. The molecule has 0 radical (unpaired) electrons. The molecule has 0 N–H and O–H groups in total. The molecule has 2 aromatic heterocycles. The summed E-state index contributed by atoms with van der Waals surface area (Å²) in [5.74, 6) is -0.439. The van der Waals surface area contributed by atoms with Crippen LogP contribution in [-0.2, 0) is 0 Å². The highest BCUT2D eigenvalue weighted by molar-refractivity contribution is 5.33. The van der Waals surface area contributed by atoms with Crippen molar-refractivity contribution in [3.05, 3.63) is 59.7 Å². The van der Waals surface area contributed by atoms with Crippen molar-refractivity contribution in [3.63, 3.8) is 0 Å². The topological polar surface area (TPSA) is 46.3 Å². The number of likely N-dealkylation sites (tertiary alicyclic amines) is 1. The van der Waals surface area contributed by atoms with E-state index >= 15 is 0 Å². The Bertz CT molecular complexity index is 1000. The van der Waals surface area contributed by atoms with E-state index in [1.165, 1.54) is 33.9 Å². The number of nitrogens with zero attached hydrogens (tertiary/aromatic N) is 5. The van der Waals surface area contributed by atoms with Gasteiger partial charge in [-0.15, -0.1) is 0 Å². The second-order valence-electron chi connectivity index (χ2n) is 7.60. The molecule has 0 aliphatic carbocycles. The van der Waals surface area contributed by atoms with Gasteiger partial charge in [-0.2, -0.15) is 23.3 Å². The Morgan fingerprint density at radius 3 is 2.53 bits per heavy atom. The molecular weight excluding hydrogens is 405 g/mol. The quantitative estimate of drug-likeness (QED) is 0.564. The van der Waals surface area contributed by atoms with E-state index in [-0.39, 0.29) is 30.3 Å². The Balaban J connectivity index is 1.74. The summed E-state index contributed by atoms with van der Waals surface area (Å²) in [6.45, 7) is 2.23. The number of halogens is 5. The Morgan fingerprint density at radius 1 is 1.13 bits per heavy atom. The van der Waals surface area contributed by atoms with Crippen LogP contribution in [0.15, 0.2) is 42.7 Å². The molecule has 0 amide bonds. The van der Waals surface area contributed by atoms with Gasteiger partial charge in [0.15, 0.2) is 0 Å². The van der Waals surface area contributed by atoms with Crippen molar-refractivity contribution in [2.24, 2.45) is 5.92 Å². The number of piperidine rings is 1. The highest BCUT2D eigenvalue weighted by Gasteiger charge is 2.47. The van der Waals surface area contributed by atoms with E-state index in [0.29, 0.717) is 12.1 Å². The minimum Gasteiger partial charge on any atom is -0.288 e. The van der Waals surface area contributed by atoms with Crippen molar-refractivity contribution >= 4 is 5.78 Å². The third kappa shape index (κ3) is 3.88. The van der Waals surface area contributed by atoms with Crippen LogP contribution in [0.25, 0.3) is 5.78 Å². The van der Waals surface area contributed by atoms with Gasteiger partial charge in [-0.25, -0.2) is 18.3 Å². The average Bonchev–Trinajstić information content (AvgIpc) is 3.17. The van der Waals surface area contributed by atoms with Crippen LogP contribution in [0.3, 0.4) is 0 Å². The zero-order valence-electron chi connectivity index (χ0n) is 16.1. The Morgan fingerprint density at radius 2 is 1.87 bits per heavy atom. The molecule has 4 rings (SSSR count). The molecule has 0 spiro atoms. The summed E-state index contributed by atoms with van der Waals surface area (Å²) < 4.78 is 70.1. The lowest BCUT2D eigenvalue weighted by atomic mass is 9.83. The fourth-order valence-electron chi connectivity index (χ4n) is 4.19. The minimum absolute atomic E-state index is 0.0163. The fourth-order valence-corrected chi connectivity index (χ4v) is 4.19. The SMILES string of the molecule is C[C@@H]1CCN([C@@H](c2ccccc2)C(F)(F)F)C[C@H]1c1cc(C(F)F)nc2ncnn12. The molecule has 0 saturated carbocycles. The predicted octanol–water partition coefficient (Wildman–Crippen LogP) is 4.79. The van der Waals surface area contributed by atoms with Crippen LogP contribution < -0.4 is 0 Å². The van der Waals surface area contributed by atoms with Crippen LogP contribution in [0.5, 0.6) is 0 Å². The zero-order chi connectivity index (χ0) is 21.5. The molecule has 1 aliphatic rings. The van der Waals surface area contributed by atoms with E-state index in [2.05, 4.69) is 15.1 Å². The molecule has 30 heavy (non-hydrogen) atoms. The number of hydrogen-bond donors (Lipinski definition) is 0. The van der Waals surface area contributed by atoms with Crippen molar-refractivity contribution in [2.75, 3.05) is 13.1 Å². The minimum atomic E-state index is -4.47. The van der Waals surface area contributed by atoms with Gasteiger partial charge in [-0.3, -0.25) is 4.90 Å². The lowest BCUT2D eigenvalue weighted by Crippen LogP contribution is -2.46. The summed E-state index contributed by atoms with van der Waals surface area (Å²) in [6.07, 6.45) is -5.59. The van der Waals surface area contributed by atoms with Crippen LogP contribution in [-0.4, -0.2) is 43.7 Å². The predicted molar refractivity (Wildman–Crippen MR) is 99.1 cm³/mol. The molecule has 1 aliphatic heterocycles. The van der Waals surface area contributed by atoms with E-state index in [1.807, 2.05) is 6.92 Å². The summed E-state index contributed by atoms with van der Waals surface area (Å²) >= 11 is 0. The maximum Gasteiger partial charge on any atom is 0.408 e. The van der Waals surface area contributed by atoms with Gasteiger partial charge in [0, 0.05) is 12.5 Å². The van der Waals surface area contributed by atoms with Crippen LogP contribution in [0.4, 0.5) is 22.0 Å².